The Morgan fingerprint density at radius 3 is 2.44 bits per heavy atom. The van der Waals surface area contributed by atoms with Crippen LogP contribution in [0.15, 0.2) is 30.6 Å². The molecule has 0 saturated carbocycles. The van der Waals surface area contributed by atoms with E-state index in [1.807, 2.05) is 56.7 Å². The minimum atomic E-state index is -3.67. The molecule has 264 valence electrons. The second kappa shape index (κ2) is 15.5. The molecule has 5 heterocycles. The number of aromatic nitrogens is 2. The van der Waals surface area contributed by atoms with Crippen LogP contribution in [0, 0.1) is 0 Å². The van der Waals surface area contributed by atoms with Crippen molar-refractivity contribution in [2.24, 2.45) is 0 Å². The van der Waals surface area contributed by atoms with Crippen molar-refractivity contribution >= 4 is 66.9 Å². The second-order valence-electron chi connectivity index (χ2n) is 13.1. The number of hydrogen-bond donors (Lipinski definition) is 3. The monoisotopic (exact) mass is 708 g/mol. The third-order valence-corrected chi connectivity index (χ3v) is 8.33. The highest BCUT2D eigenvalue weighted by atomic mass is 35.5. The summed E-state index contributed by atoms with van der Waals surface area (Å²) < 4.78 is 37.6. The molecule has 0 aliphatic carbocycles. The largest absolute Gasteiger partial charge is 0.372 e. The maximum absolute atomic E-state index is 13.6. The lowest BCUT2D eigenvalue weighted by molar-refractivity contribution is -0.156. The first-order valence-corrected chi connectivity index (χ1v) is 18.0. The van der Waals surface area contributed by atoms with E-state index in [-0.39, 0.29) is 37.2 Å². The molecule has 0 spiro atoms. The third-order valence-electron chi connectivity index (χ3n) is 8.11. The summed E-state index contributed by atoms with van der Waals surface area (Å²) in [5, 5.41) is 5.43. The predicted octanol–water partition coefficient (Wildman–Crippen LogP) is 3.17. The van der Waals surface area contributed by atoms with Gasteiger partial charge in [-0.1, -0.05) is 11.6 Å². The Bertz CT molecular complexity index is 1730. The molecule has 0 radical (unpaired) electrons. The van der Waals surface area contributed by atoms with Crippen molar-refractivity contribution < 1.29 is 36.8 Å². The van der Waals surface area contributed by atoms with Gasteiger partial charge in [0.15, 0.2) is 0 Å². The van der Waals surface area contributed by atoms with E-state index in [9.17, 15) is 22.8 Å². The Kier molecular flexibility index (Phi) is 12.1. The minimum absolute atomic E-state index is 0.0132. The first-order valence-electron chi connectivity index (χ1n) is 15.7. The van der Waals surface area contributed by atoms with Gasteiger partial charge in [0, 0.05) is 61.6 Å². The van der Waals surface area contributed by atoms with Crippen LogP contribution in [0.2, 0.25) is 5.02 Å². The lowest BCUT2D eigenvalue weighted by Gasteiger charge is -2.43. The van der Waals surface area contributed by atoms with Crippen LogP contribution < -0.4 is 5.32 Å². The van der Waals surface area contributed by atoms with E-state index in [1.165, 1.54) is 0 Å². The van der Waals surface area contributed by atoms with Crippen molar-refractivity contribution in [1.29, 1.82) is 0 Å². The molecule has 3 fully saturated rings. The maximum atomic E-state index is 13.6. The van der Waals surface area contributed by atoms with E-state index in [0.29, 0.717) is 42.5 Å². The molecule has 3 aromatic rings. The Morgan fingerprint density at radius 1 is 1.19 bits per heavy atom. The Balaban J connectivity index is 0.000000367. The number of aromatic amines is 1. The van der Waals surface area contributed by atoms with E-state index in [0.717, 1.165) is 41.2 Å². The molecule has 0 unspecified atom stereocenters. The highest BCUT2D eigenvalue weighted by molar-refractivity contribution is 7.85. The number of anilines is 1. The maximum Gasteiger partial charge on any atom is 0.261 e. The lowest BCUT2D eigenvalue weighted by atomic mass is 10.0. The molecule has 16 heteroatoms. The van der Waals surface area contributed by atoms with E-state index in [2.05, 4.69) is 15.3 Å². The van der Waals surface area contributed by atoms with Crippen LogP contribution in [0.3, 0.4) is 0 Å². The first-order chi connectivity index (χ1) is 22.4. The summed E-state index contributed by atoms with van der Waals surface area (Å²) in [6.07, 6.45) is 5.95. The van der Waals surface area contributed by atoms with Crippen molar-refractivity contribution in [3.05, 3.63) is 35.6 Å². The van der Waals surface area contributed by atoms with Crippen molar-refractivity contribution in [2.75, 3.05) is 58.0 Å². The number of hydrogen-bond acceptors (Lipinski definition) is 9. The van der Waals surface area contributed by atoms with Gasteiger partial charge >= 0.3 is 0 Å². The van der Waals surface area contributed by atoms with E-state index in [1.54, 1.807) is 23.4 Å². The number of carbonyl (C=O) groups excluding carboxylic acids is 3. The lowest BCUT2D eigenvalue weighted by Crippen LogP contribution is -2.61. The quantitative estimate of drug-likeness (QED) is 0.342. The number of pyridine rings is 1. The molecule has 3 saturated heterocycles. The zero-order valence-electron chi connectivity index (χ0n) is 28.2. The molecule has 3 N–H and O–H groups in total. The smallest absolute Gasteiger partial charge is 0.261 e. The molecule has 3 aliphatic heterocycles. The van der Waals surface area contributed by atoms with Crippen LogP contribution in [0.1, 0.15) is 40.5 Å². The topological polar surface area (TPSA) is 174 Å². The molecule has 3 amide bonds. The predicted molar refractivity (Wildman–Crippen MR) is 184 cm³/mol. The van der Waals surface area contributed by atoms with Crippen molar-refractivity contribution in [3.63, 3.8) is 0 Å². The number of carbonyl (C=O) groups is 3. The summed E-state index contributed by atoms with van der Waals surface area (Å²) in [4.78, 5) is 50.3. The summed E-state index contributed by atoms with van der Waals surface area (Å²) in [6, 6.07) is 4.88. The van der Waals surface area contributed by atoms with Gasteiger partial charge in [0.2, 0.25) is 17.7 Å². The number of nitrogens with zero attached hydrogens (tertiary/aromatic N) is 4. The second-order valence-corrected chi connectivity index (χ2v) is 15.0. The number of morpholine rings is 2. The molecule has 6 rings (SSSR count). The number of H-pyrrole nitrogens is 1. The van der Waals surface area contributed by atoms with Crippen molar-refractivity contribution in [2.45, 2.75) is 64.4 Å². The average molecular weight is 709 g/mol. The average Bonchev–Trinajstić information content (AvgIpc) is 3.53. The van der Waals surface area contributed by atoms with Gasteiger partial charge < -0.3 is 29.6 Å². The van der Waals surface area contributed by atoms with Crippen molar-refractivity contribution in [3.8, 4) is 0 Å². The Labute approximate surface area is 285 Å². The number of rotatable bonds is 4. The van der Waals surface area contributed by atoms with Gasteiger partial charge in [0.1, 0.15) is 6.04 Å². The Morgan fingerprint density at radius 2 is 1.85 bits per heavy atom. The molecule has 3 atom stereocenters. The molecule has 2 aromatic heterocycles. The number of amides is 3. The summed E-state index contributed by atoms with van der Waals surface area (Å²) in [6.45, 7) is 10.7. The van der Waals surface area contributed by atoms with Crippen molar-refractivity contribution in [1.82, 2.24) is 24.7 Å². The van der Waals surface area contributed by atoms with Gasteiger partial charge in [-0.15, -0.1) is 0 Å². The number of fused-ring (bicyclic) bond motifs is 3. The minimum Gasteiger partial charge on any atom is -0.372 e. The van der Waals surface area contributed by atoms with Gasteiger partial charge in [0.25, 0.3) is 10.1 Å². The van der Waals surface area contributed by atoms with Crippen LogP contribution >= 0.6 is 11.6 Å². The van der Waals surface area contributed by atoms with Gasteiger partial charge in [-0.3, -0.25) is 28.8 Å². The third kappa shape index (κ3) is 10.3. The van der Waals surface area contributed by atoms with E-state index < -0.39 is 21.8 Å². The number of halogens is 1. The zero-order valence-corrected chi connectivity index (χ0v) is 29.7. The van der Waals surface area contributed by atoms with Gasteiger partial charge in [0.05, 0.1) is 60.1 Å². The standard InChI is InChI=1S/C26H32ClN5O4.C5H9NO.CH4O3S/c1-15-10-31(11-16(2)36-15)23(33)12-32-14-26(3,4)35-13-22(32)25(34)30-20-8-17(27)7-19-18-5-6-28-9-21(18)29-24(19)20;1-6-4-2-3-5(6)7;1-5(2,3)4/h5-9,15-16,22,29H,10-14H2,1-4H3,(H,30,34);2-4H2,1H3;1H3,(H,2,3,4)/t15-,16+,22-;;/m0../s1. The highest BCUT2D eigenvalue weighted by Crippen LogP contribution is 2.33. The van der Waals surface area contributed by atoms with Crippen LogP contribution in [0.4, 0.5) is 5.69 Å². The molecule has 3 aliphatic rings. The zero-order chi connectivity index (χ0) is 35.4. The number of benzene rings is 1. The van der Waals surface area contributed by atoms with Gasteiger partial charge in [-0.05, 0) is 52.3 Å². The van der Waals surface area contributed by atoms with Crippen LogP contribution in [-0.4, -0.2) is 132 Å². The highest BCUT2D eigenvalue weighted by Gasteiger charge is 2.40. The number of likely N-dealkylation sites (tertiary alicyclic amines) is 1. The van der Waals surface area contributed by atoms with Crippen LogP contribution in [0.25, 0.3) is 21.8 Å². The molecule has 14 nitrogen and oxygen atoms in total. The summed E-state index contributed by atoms with van der Waals surface area (Å²) >= 11 is 6.42. The molecular weight excluding hydrogens is 664 g/mol. The fourth-order valence-electron chi connectivity index (χ4n) is 6.03. The molecule has 48 heavy (non-hydrogen) atoms. The SMILES string of the molecule is CN1CCCC1=O.CS(=O)(=O)O.C[C@@H]1CN(C(=O)CN2CC(C)(C)OC[C@H]2C(=O)Nc2cc(Cl)cc3c2[nH]c2cnccc23)C[C@H](C)O1. The van der Waals surface area contributed by atoms with Crippen LogP contribution in [-0.2, 0) is 34.0 Å². The normalized spacial score (nSPS) is 22.9. The van der Waals surface area contributed by atoms with Gasteiger partial charge in [-0.2, -0.15) is 8.42 Å². The van der Waals surface area contributed by atoms with Crippen LogP contribution in [0.5, 0.6) is 0 Å². The fourth-order valence-corrected chi connectivity index (χ4v) is 6.25. The molecular formula is C32H45ClN6O8S. The van der Waals surface area contributed by atoms with E-state index >= 15 is 0 Å². The Hall–Kier alpha value is -3.34. The van der Waals surface area contributed by atoms with E-state index in [4.69, 9.17) is 25.6 Å². The summed E-state index contributed by atoms with van der Waals surface area (Å²) in [5.41, 5.74) is 1.72. The number of ether oxygens (including phenoxy) is 2. The molecule has 1 aromatic carbocycles. The first kappa shape index (κ1) is 37.5. The molecule has 0 bridgehead atoms. The van der Waals surface area contributed by atoms with Gasteiger partial charge in [-0.25, -0.2) is 0 Å². The fraction of sp³-hybridized carbons (Fsp3) is 0.562. The summed E-state index contributed by atoms with van der Waals surface area (Å²) in [7, 11) is -1.82. The summed E-state index contributed by atoms with van der Waals surface area (Å²) in [5.74, 6) is 0.0307. The number of nitrogens with one attached hydrogen (secondary N) is 2.